The number of rotatable bonds is 3. The fourth-order valence-corrected chi connectivity index (χ4v) is 2.46. The molecule has 2 N–H and O–H groups in total. The van der Waals surface area contributed by atoms with Gasteiger partial charge in [-0.25, -0.2) is 0 Å². The van der Waals surface area contributed by atoms with Crippen molar-refractivity contribution in [3.05, 3.63) is 30.1 Å². The van der Waals surface area contributed by atoms with Gasteiger partial charge in [0.25, 0.3) is 0 Å². The summed E-state index contributed by atoms with van der Waals surface area (Å²) in [7, 11) is 0. The average Bonchev–Trinajstić information content (AvgIpc) is 2.40. The van der Waals surface area contributed by atoms with Crippen LogP contribution in [0.25, 0.3) is 0 Å². The molecule has 0 radical (unpaired) electrons. The minimum atomic E-state index is 0.200. The van der Waals surface area contributed by atoms with E-state index in [0.717, 1.165) is 31.5 Å². The molecule has 1 amide bonds. The van der Waals surface area contributed by atoms with Gasteiger partial charge in [-0.3, -0.25) is 9.78 Å². The van der Waals surface area contributed by atoms with E-state index >= 15 is 0 Å². The summed E-state index contributed by atoms with van der Waals surface area (Å²) in [5.74, 6) is 0.763. The lowest BCUT2D eigenvalue weighted by Crippen LogP contribution is -2.43. The molecule has 0 aliphatic carbocycles. The molecule has 2 rings (SSSR count). The second-order valence-electron chi connectivity index (χ2n) is 5.12. The third-order valence-electron chi connectivity index (χ3n) is 3.71. The zero-order chi connectivity index (χ0) is 13.0. The van der Waals surface area contributed by atoms with Crippen LogP contribution in [0, 0.1) is 5.92 Å². The van der Waals surface area contributed by atoms with Gasteiger partial charge in [0.05, 0.1) is 6.42 Å². The summed E-state index contributed by atoms with van der Waals surface area (Å²) in [6, 6.07) is 4.05. The van der Waals surface area contributed by atoms with Crippen LogP contribution in [0.2, 0.25) is 0 Å². The normalized spacial score (nSPS) is 18.7. The molecule has 4 heteroatoms. The topological polar surface area (TPSA) is 59.2 Å². The van der Waals surface area contributed by atoms with Crippen molar-refractivity contribution in [3.8, 4) is 0 Å². The van der Waals surface area contributed by atoms with E-state index in [9.17, 15) is 4.79 Å². The number of piperidine rings is 1. The summed E-state index contributed by atoms with van der Waals surface area (Å²) in [5.41, 5.74) is 6.88. The largest absolute Gasteiger partial charge is 0.342 e. The summed E-state index contributed by atoms with van der Waals surface area (Å²) in [5, 5.41) is 0. The molecule has 1 atom stereocenters. The third-order valence-corrected chi connectivity index (χ3v) is 3.71. The minimum Gasteiger partial charge on any atom is -0.342 e. The molecule has 1 fully saturated rings. The zero-order valence-electron chi connectivity index (χ0n) is 10.9. The minimum absolute atomic E-state index is 0.200. The number of likely N-dealkylation sites (tertiary alicyclic amines) is 1. The standard InChI is InChI=1S/C14H21N3O/c1-11(15)13-4-7-17(8-5-13)14(18)9-12-3-2-6-16-10-12/h2-3,6,10-11,13H,4-5,7-9,15H2,1H3. The van der Waals surface area contributed by atoms with Crippen LogP contribution in [-0.2, 0) is 11.2 Å². The molecule has 0 bridgehead atoms. The summed E-state index contributed by atoms with van der Waals surface area (Å²) in [6.45, 7) is 3.73. The quantitative estimate of drug-likeness (QED) is 0.873. The van der Waals surface area contributed by atoms with Gasteiger partial charge in [0.1, 0.15) is 0 Å². The summed E-state index contributed by atoms with van der Waals surface area (Å²) >= 11 is 0. The summed E-state index contributed by atoms with van der Waals surface area (Å²) in [4.78, 5) is 18.1. The van der Waals surface area contributed by atoms with Gasteiger partial charge in [-0.05, 0) is 37.3 Å². The SMILES string of the molecule is CC(N)C1CCN(C(=O)Cc2cccnc2)CC1. The number of aromatic nitrogens is 1. The van der Waals surface area contributed by atoms with Crippen molar-refractivity contribution in [2.75, 3.05) is 13.1 Å². The highest BCUT2D eigenvalue weighted by Crippen LogP contribution is 2.20. The van der Waals surface area contributed by atoms with Crippen LogP contribution >= 0.6 is 0 Å². The van der Waals surface area contributed by atoms with Gasteiger partial charge in [0.15, 0.2) is 0 Å². The second kappa shape index (κ2) is 5.96. The number of pyridine rings is 1. The first-order valence-electron chi connectivity index (χ1n) is 6.59. The van der Waals surface area contributed by atoms with Crippen LogP contribution in [-0.4, -0.2) is 34.9 Å². The number of carbonyl (C=O) groups excluding carboxylic acids is 1. The third kappa shape index (κ3) is 3.29. The summed E-state index contributed by atoms with van der Waals surface area (Å²) in [6.07, 6.45) is 5.98. The fraction of sp³-hybridized carbons (Fsp3) is 0.571. The Kier molecular flexibility index (Phi) is 4.31. The first-order valence-corrected chi connectivity index (χ1v) is 6.59. The molecule has 0 spiro atoms. The van der Waals surface area contributed by atoms with Crippen LogP contribution in [0.1, 0.15) is 25.3 Å². The Balaban J connectivity index is 1.85. The average molecular weight is 247 g/mol. The molecule has 1 aliphatic rings. The Morgan fingerprint density at radius 2 is 2.28 bits per heavy atom. The van der Waals surface area contributed by atoms with Gasteiger partial charge in [0, 0.05) is 31.5 Å². The molecule has 2 heterocycles. The van der Waals surface area contributed by atoms with E-state index in [2.05, 4.69) is 11.9 Å². The van der Waals surface area contributed by atoms with Crippen molar-refractivity contribution in [2.24, 2.45) is 11.7 Å². The fourth-order valence-electron chi connectivity index (χ4n) is 2.46. The van der Waals surface area contributed by atoms with E-state index in [1.165, 1.54) is 0 Å². The first kappa shape index (κ1) is 13.0. The molecule has 1 aliphatic heterocycles. The molecule has 1 saturated heterocycles. The molecule has 18 heavy (non-hydrogen) atoms. The molecular weight excluding hydrogens is 226 g/mol. The van der Waals surface area contributed by atoms with Crippen molar-refractivity contribution in [1.29, 1.82) is 0 Å². The van der Waals surface area contributed by atoms with E-state index in [-0.39, 0.29) is 11.9 Å². The molecule has 0 saturated carbocycles. The van der Waals surface area contributed by atoms with E-state index in [4.69, 9.17) is 5.73 Å². The van der Waals surface area contributed by atoms with E-state index in [1.807, 2.05) is 17.0 Å². The van der Waals surface area contributed by atoms with Gasteiger partial charge < -0.3 is 10.6 Å². The van der Waals surface area contributed by atoms with Crippen molar-refractivity contribution < 1.29 is 4.79 Å². The van der Waals surface area contributed by atoms with Gasteiger partial charge >= 0.3 is 0 Å². The van der Waals surface area contributed by atoms with E-state index in [1.54, 1.807) is 12.4 Å². The van der Waals surface area contributed by atoms with Gasteiger partial charge in [-0.15, -0.1) is 0 Å². The Morgan fingerprint density at radius 3 is 2.83 bits per heavy atom. The highest BCUT2D eigenvalue weighted by molar-refractivity contribution is 5.78. The van der Waals surface area contributed by atoms with Crippen LogP contribution < -0.4 is 5.73 Å². The Labute approximate surface area is 108 Å². The number of amides is 1. The maximum atomic E-state index is 12.1. The lowest BCUT2D eigenvalue weighted by atomic mass is 9.91. The second-order valence-corrected chi connectivity index (χ2v) is 5.12. The molecular formula is C14H21N3O. The Morgan fingerprint density at radius 1 is 1.56 bits per heavy atom. The molecule has 4 nitrogen and oxygen atoms in total. The number of nitrogens with zero attached hydrogens (tertiary/aromatic N) is 2. The Bertz CT molecular complexity index is 383. The lowest BCUT2D eigenvalue weighted by molar-refractivity contribution is -0.131. The van der Waals surface area contributed by atoms with Crippen molar-refractivity contribution in [1.82, 2.24) is 9.88 Å². The zero-order valence-corrected chi connectivity index (χ0v) is 10.9. The highest BCUT2D eigenvalue weighted by atomic mass is 16.2. The van der Waals surface area contributed by atoms with E-state index < -0.39 is 0 Å². The highest BCUT2D eigenvalue weighted by Gasteiger charge is 2.24. The van der Waals surface area contributed by atoms with Gasteiger partial charge in [-0.1, -0.05) is 6.07 Å². The number of hydrogen-bond donors (Lipinski definition) is 1. The van der Waals surface area contributed by atoms with Crippen molar-refractivity contribution in [3.63, 3.8) is 0 Å². The van der Waals surface area contributed by atoms with Crippen molar-refractivity contribution in [2.45, 2.75) is 32.2 Å². The smallest absolute Gasteiger partial charge is 0.227 e. The predicted molar refractivity (Wildman–Crippen MR) is 70.9 cm³/mol. The van der Waals surface area contributed by atoms with Gasteiger partial charge in [-0.2, -0.15) is 0 Å². The van der Waals surface area contributed by atoms with Crippen LogP contribution in [0.5, 0.6) is 0 Å². The van der Waals surface area contributed by atoms with Crippen LogP contribution in [0.3, 0.4) is 0 Å². The number of hydrogen-bond acceptors (Lipinski definition) is 3. The Hall–Kier alpha value is -1.42. The molecule has 1 aromatic rings. The van der Waals surface area contributed by atoms with E-state index in [0.29, 0.717) is 12.3 Å². The number of carbonyl (C=O) groups is 1. The first-order chi connectivity index (χ1) is 8.66. The van der Waals surface area contributed by atoms with Crippen LogP contribution in [0.4, 0.5) is 0 Å². The molecule has 1 aromatic heterocycles. The molecule has 98 valence electrons. The van der Waals surface area contributed by atoms with Gasteiger partial charge in [0.2, 0.25) is 5.91 Å². The molecule has 1 unspecified atom stereocenters. The maximum Gasteiger partial charge on any atom is 0.227 e. The predicted octanol–water partition coefficient (Wildman–Crippen LogP) is 1.21. The molecule has 0 aromatic carbocycles. The van der Waals surface area contributed by atoms with Crippen LogP contribution in [0.15, 0.2) is 24.5 Å². The maximum absolute atomic E-state index is 12.1. The monoisotopic (exact) mass is 247 g/mol. The lowest BCUT2D eigenvalue weighted by Gasteiger charge is -2.33. The number of nitrogens with two attached hydrogens (primary N) is 1. The van der Waals surface area contributed by atoms with Crippen molar-refractivity contribution >= 4 is 5.91 Å². The summed E-state index contributed by atoms with van der Waals surface area (Å²) < 4.78 is 0.